The SMILES string of the molecule is O=C(Cc1ccc(F)cc1F)N1CCC[C@H](Oc2cnccn2)C1. The fraction of sp³-hybridized carbons (Fsp3) is 0.353. The van der Waals surface area contributed by atoms with Gasteiger partial charge in [-0.25, -0.2) is 13.8 Å². The topological polar surface area (TPSA) is 55.3 Å². The lowest BCUT2D eigenvalue weighted by molar-refractivity contribution is -0.133. The Labute approximate surface area is 138 Å². The largest absolute Gasteiger partial charge is 0.471 e. The van der Waals surface area contributed by atoms with Crippen LogP contribution in [0, 0.1) is 11.6 Å². The Morgan fingerprint density at radius 3 is 2.96 bits per heavy atom. The Morgan fingerprint density at radius 2 is 2.21 bits per heavy atom. The van der Waals surface area contributed by atoms with Gasteiger partial charge in [0, 0.05) is 25.0 Å². The van der Waals surface area contributed by atoms with E-state index in [0.717, 1.165) is 25.0 Å². The first-order valence-electron chi connectivity index (χ1n) is 7.76. The first-order chi connectivity index (χ1) is 11.6. The van der Waals surface area contributed by atoms with Gasteiger partial charge in [0.2, 0.25) is 11.8 Å². The van der Waals surface area contributed by atoms with Gasteiger partial charge in [0.15, 0.2) is 0 Å². The summed E-state index contributed by atoms with van der Waals surface area (Å²) in [5.74, 6) is -1.14. The van der Waals surface area contributed by atoms with Crippen molar-refractivity contribution in [2.24, 2.45) is 0 Å². The lowest BCUT2D eigenvalue weighted by atomic mass is 10.1. The van der Waals surface area contributed by atoms with Gasteiger partial charge < -0.3 is 9.64 Å². The molecule has 1 aliphatic rings. The minimum Gasteiger partial charge on any atom is -0.471 e. The van der Waals surface area contributed by atoms with Crippen molar-refractivity contribution in [3.05, 3.63) is 54.0 Å². The Morgan fingerprint density at radius 1 is 1.33 bits per heavy atom. The monoisotopic (exact) mass is 333 g/mol. The van der Waals surface area contributed by atoms with Crippen LogP contribution in [0.5, 0.6) is 5.88 Å². The maximum Gasteiger partial charge on any atom is 0.232 e. The highest BCUT2D eigenvalue weighted by Gasteiger charge is 2.25. The summed E-state index contributed by atoms with van der Waals surface area (Å²) in [6.07, 6.45) is 5.96. The molecule has 2 heterocycles. The van der Waals surface area contributed by atoms with Crippen LogP contribution in [0.3, 0.4) is 0 Å². The van der Waals surface area contributed by atoms with Crippen LogP contribution in [0.4, 0.5) is 8.78 Å². The summed E-state index contributed by atoms with van der Waals surface area (Å²) in [6, 6.07) is 3.25. The molecule has 1 aromatic heterocycles. The second-order valence-corrected chi connectivity index (χ2v) is 5.68. The van der Waals surface area contributed by atoms with Crippen LogP contribution in [-0.4, -0.2) is 40.0 Å². The van der Waals surface area contributed by atoms with Crippen molar-refractivity contribution in [1.29, 1.82) is 0 Å². The lowest BCUT2D eigenvalue weighted by Gasteiger charge is -2.32. The van der Waals surface area contributed by atoms with Crippen molar-refractivity contribution in [2.45, 2.75) is 25.4 Å². The number of amides is 1. The number of likely N-dealkylation sites (tertiary alicyclic amines) is 1. The molecule has 3 rings (SSSR count). The molecule has 5 nitrogen and oxygen atoms in total. The van der Waals surface area contributed by atoms with Crippen molar-refractivity contribution in [3.8, 4) is 5.88 Å². The zero-order chi connectivity index (χ0) is 16.9. The van der Waals surface area contributed by atoms with E-state index < -0.39 is 11.6 Å². The highest BCUT2D eigenvalue weighted by Crippen LogP contribution is 2.18. The summed E-state index contributed by atoms with van der Waals surface area (Å²) in [4.78, 5) is 22.0. The zero-order valence-electron chi connectivity index (χ0n) is 13.0. The van der Waals surface area contributed by atoms with Gasteiger partial charge in [-0.1, -0.05) is 6.07 Å². The molecule has 7 heteroatoms. The molecular formula is C17H17F2N3O2. The van der Waals surface area contributed by atoms with Crippen molar-refractivity contribution in [1.82, 2.24) is 14.9 Å². The quantitative estimate of drug-likeness (QED) is 0.862. The van der Waals surface area contributed by atoms with Gasteiger partial charge in [-0.05, 0) is 24.5 Å². The number of aromatic nitrogens is 2. The van der Waals surface area contributed by atoms with E-state index in [-0.39, 0.29) is 24.0 Å². The van der Waals surface area contributed by atoms with Gasteiger partial charge in [0.05, 0.1) is 19.2 Å². The van der Waals surface area contributed by atoms with Crippen LogP contribution in [0.1, 0.15) is 18.4 Å². The number of benzene rings is 1. The molecule has 0 bridgehead atoms. The average molecular weight is 333 g/mol. The first-order valence-corrected chi connectivity index (χ1v) is 7.76. The number of rotatable bonds is 4. The molecule has 0 spiro atoms. The van der Waals surface area contributed by atoms with Crippen LogP contribution in [0.15, 0.2) is 36.8 Å². The zero-order valence-corrected chi connectivity index (χ0v) is 13.0. The summed E-state index contributed by atoms with van der Waals surface area (Å²) in [5.41, 5.74) is 0.193. The number of nitrogens with zero attached hydrogens (tertiary/aromatic N) is 3. The Bertz CT molecular complexity index is 712. The number of piperidine rings is 1. The molecular weight excluding hydrogens is 316 g/mol. The van der Waals surface area contributed by atoms with Crippen molar-refractivity contribution in [3.63, 3.8) is 0 Å². The minimum atomic E-state index is -0.701. The molecule has 1 atom stereocenters. The van der Waals surface area contributed by atoms with E-state index in [1.54, 1.807) is 17.3 Å². The van der Waals surface area contributed by atoms with Gasteiger partial charge in [-0.15, -0.1) is 0 Å². The molecule has 0 aliphatic carbocycles. The summed E-state index contributed by atoms with van der Waals surface area (Å²) in [6.45, 7) is 1.01. The number of carbonyl (C=O) groups is 1. The van der Waals surface area contributed by atoms with Crippen LogP contribution in [0.2, 0.25) is 0 Å². The second kappa shape index (κ2) is 7.33. The van der Waals surface area contributed by atoms with Crippen LogP contribution in [-0.2, 0) is 11.2 Å². The molecule has 0 saturated carbocycles. The summed E-state index contributed by atoms with van der Waals surface area (Å²) in [7, 11) is 0. The number of carbonyl (C=O) groups excluding carboxylic acids is 1. The predicted molar refractivity (Wildman–Crippen MR) is 82.3 cm³/mol. The third-order valence-electron chi connectivity index (χ3n) is 3.91. The fourth-order valence-corrected chi connectivity index (χ4v) is 2.72. The van der Waals surface area contributed by atoms with E-state index in [9.17, 15) is 13.6 Å². The van der Waals surface area contributed by atoms with Gasteiger partial charge in [0.25, 0.3) is 0 Å². The summed E-state index contributed by atoms with van der Waals surface area (Å²) >= 11 is 0. The first kappa shape index (κ1) is 16.3. The molecule has 1 fully saturated rings. The highest BCUT2D eigenvalue weighted by molar-refractivity contribution is 5.79. The van der Waals surface area contributed by atoms with Gasteiger partial charge in [0.1, 0.15) is 17.7 Å². The van der Waals surface area contributed by atoms with Crippen LogP contribution < -0.4 is 4.74 Å². The van der Waals surface area contributed by atoms with E-state index in [1.165, 1.54) is 12.3 Å². The maximum absolute atomic E-state index is 13.7. The predicted octanol–water partition coefficient (Wildman–Crippen LogP) is 2.37. The Kier molecular flexibility index (Phi) is 4.98. The fourth-order valence-electron chi connectivity index (χ4n) is 2.72. The number of hydrogen-bond donors (Lipinski definition) is 0. The molecule has 24 heavy (non-hydrogen) atoms. The van der Waals surface area contributed by atoms with Crippen molar-refractivity contribution >= 4 is 5.91 Å². The third kappa shape index (κ3) is 4.04. The number of ether oxygens (including phenoxy) is 1. The molecule has 0 radical (unpaired) electrons. The van der Waals surface area contributed by atoms with Gasteiger partial charge in [-0.2, -0.15) is 0 Å². The molecule has 1 aliphatic heterocycles. The molecule has 1 amide bonds. The molecule has 1 saturated heterocycles. The van der Waals surface area contributed by atoms with Gasteiger partial charge in [-0.3, -0.25) is 9.78 Å². The van der Waals surface area contributed by atoms with E-state index in [4.69, 9.17) is 4.74 Å². The summed E-state index contributed by atoms with van der Waals surface area (Å²) < 4.78 is 32.4. The van der Waals surface area contributed by atoms with E-state index in [1.807, 2.05) is 0 Å². The molecule has 126 valence electrons. The molecule has 0 N–H and O–H groups in total. The smallest absolute Gasteiger partial charge is 0.232 e. The summed E-state index contributed by atoms with van der Waals surface area (Å²) in [5, 5.41) is 0. The molecule has 2 aromatic rings. The average Bonchev–Trinajstić information content (AvgIpc) is 2.58. The lowest BCUT2D eigenvalue weighted by Crippen LogP contribution is -2.45. The minimum absolute atomic E-state index is 0.0933. The van der Waals surface area contributed by atoms with E-state index in [0.29, 0.717) is 19.0 Å². The second-order valence-electron chi connectivity index (χ2n) is 5.68. The van der Waals surface area contributed by atoms with Crippen LogP contribution in [0.25, 0.3) is 0 Å². The Hall–Kier alpha value is -2.57. The molecule has 0 unspecified atom stereocenters. The van der Waals surface area contributed by atoms with E-state index in [2.05, 4.69) is 9.97 Å². The number of hydrogen-bond acceptors (Lipinski definition) is 4. The van der Waals surface area contributed by atoms with Gasteiger partial charge >= 0.3 is 0 Å². The molecule has 1 aromatic carbocycles. The highest BCUT2D eigenvalue weighted by atomic mass is 19.1. The standard InChI is InChI=1S/C17H17F2N3O2/c18-13-4-3-12(15(19)9-13)8-17(23)22-7-1-2-14(11-22)24-16-10-20-5-6-21-16/h3-6,9-10,14H,1-2,7-8,11H2/t14-/m0/s1. The normalized spacial score (nSPS) is 17.6. The van der Waals surface area contributed by atoms with E-state index >= 15 is 0 Å². The maximum atomic E-state index is 13.7. The third-order valence-corrected chi connectivity index (χ3v) is 3.91. The Balaban J connectivity index is 1.60. The van der Waals surface area contributed by atoms with Crippen molar-refractivity contribution in [2.75, 3.05) is 13.1 Å². The van der Waals surface area contributed by atoms with Crippen molar-refractivity contribution < 1.29 is 18.3 Å². The van der Waals surface area contributed by atoms with Crippen LogP contribution >= 0.6 is 0 Å². The number of halogens is 2.